The van der Waals surface area contributed by atoms with E-state index in [9.17, 15) is 9.90 Å². The molecule has 0 bridgehead atoms. The number of hydrogen-bond donors (Lipinski definition) is 2. The highest BCUT2D eigenvalue weighted by molar-refractivity contribution is 5.93. The van der Waals surface area contributed by atoms with E-state index in [4.69, 9.17) is 9.47 Å². The largest absolute Gasteiger partial charge is 0.495 e. The first-order valence-electron chi connectivity index (χ1n) is 8.04. The zero-order chi connectivity index (χ0) is 16.9. The molecule has 1 aliphatic rings. The monoisotopic (exact) mass is 327 g/mol. The van der Waals surface area contributed by atoms with Crippen LogP contribution in [-0.4, -0.2) is 24.7 Å². The van der Waals surface area contributed by atoms with Crippen LogP contribution in [0.5, 0.6) is 11.5 Å². The van der Waals surface area contributed by atoms with Crippen LogP contribution in [0.15, 0.2) is 42.5 Å². The highest BCUT2D eigenvalue weighted by Crippen LogP contribution is 2.35. The van der Waals surface area contributed by atoms with Crippen molar-refractivity contribution in [1.29, 1.82) is 0 Å². The summed E-state index contributed by atoms with van der Waals surface area (Å²) in [6.45, 7) is -0.0927. The fourth-order valence-corrected chi connectivity index (χ4v) is 3.00. The number of carbonyl (C=O) groups is 1. The summed E-state index contributed by atoms with van der Waals surface area (Å²) in [6.07, 6.45) is 2.10. The van der Waals surface area contributed by atoms with Gasteiger partial charge in [-0.1, -0.05) is 24.3 Å². The van der Waals surface area contributed by atoms with Crippen LogP contribution in [0.3, 0.4) is 0 Å². The second-order valence-electron chi connectivity index (χ2n) is 5.77. The number of ether oxygens (including phenoxy) is 2. The highest BCUT2D eigenvalue weighted by Gasteiger charge is 2.21. The maximum atomic E-state index is 12.1. The first kappa shape index (κ1) is 16.3. The summed E-state index contributed by atoms with van der Waals surface area (Å²) in [4.78, 5) is 12.1. The van der Waals surface area contributed by atoms with Gasteiger partial charge in [0.2, 0.25) is 0 Å². The lowest BCUT2D eigenvalue weighted by Gasteiger charge is -2.23. The van der Waals surface area contributed by atoms with Gasteiger partial charge >= 0.3 is 0 Å². The van der Waals surface area contributed by atoms with Gasteiger partial charge in [-0.2, -0.15) is 0 Å². The lowest BCUT2D eigenvalue weighted by Crippen LogP contribution is -2.21. The third-order valence-electron chi connectivity index (χ3n) is 4.17. The summed E-state index contributed by atoms with van der Waals surface area (Å²) in [6, 6.07) is 12.8. The van der Waals surface area contributed by atoms with Gasteiger partial charge in [0.25, 0.3) is 5.91 Å². The number of aliphatic hydroxyl groups is 1. The van der Waals surface area contributed by atoms with E-state index in [0.717, 1.165) is 30.4 Å². The van der Waals surface area contributed by atoms with E-state index < -0.39 is 6.10 Å². The molecule has 2 aromatic carbocycles. The van der Waals surface area contributed by atoms with E-state index in [1.165, 1.54) is 0 Å². The number of fused-ring (bicyclic) bond motifs is 1. The summed E-state index contributed by atoms with van der Waals surface area (Å²) in [5, 5.41) is 12.8. The van der Waals surface area contributed by atoms with Gasteiger partial charge in [0.15, 0.2) is 6.61 Å². The lowest BCUT2D eigenvalue weighted by atomic mass is 9.89. The number of para-hydroxylation sites is 2. The Morgan fingerprint density at radius 2 is 2.00 bits per heavy atom. The molecule has 0 saturated heterocycles. The standard InChI is InChI=1S/C19H21NO4/c1-23-18-10-3-2-8-15(18)20-19(22)12-24-17-11-5-6-13-14(17)7-4-9-16(13)21/h2-3,5-6,8,10-11,16,21H,4,7,9,12H2,1H3,(H,20,22). The molecule has 0 radical (unpaired) electrons. The number of aliphatic hydroxyl groups excluding tert-OH is 1. The number of amides is 1. The highest BCUT2D eigenvalue weighted by atomic mass is 16.5. The predicted molar refractivity (Wildman–Crippen MR) is 91.5 cm³/mol. The van der Waals surface area contributed by atoms with Crippen LogP contribution in [0.2, 0.25) is 0 Å². The smallest absolute Gasteiger partial charge is 0.262 e. The summed E-state index contributed by atoms with van der Waals surface area (Å²) < 4.78 is 10.9. The number of benzene rings is 2. The van der Waals surface area contributed by atoms with Crippen molar-refractivity contribution in [3.05, 3.63) is 53.6 Å². The van der Waals surface area contributed by atoms with Gasteiger partial charge in [0.05, 0.1) is 18.9 Å². The second-order valence-corrected chi connectivity index (χ2v) is 5.77. The number of carbonyl (C=O) groups excluding carboxylic acids is 1. The van der Waals surface area contributed by atoms with Gasteiger partial charge in [-0.25, -0.2) is 0 Å². The quantitative estimate of drug-likeness (QED) is 0.885. The molecule has 1 atom stereocenters. The van der Waals surface area contributed by atoms with Gasteiger partial charge in [0, 0.05) is 0 Å². The minimum absolute atomic E-state index is 0.0927. The molecule has 5 nitrogen and oxygen atoms in total. The Kier molecular flexibility index (Phi) is 5.01. The Labute approximate surface area is 141 Å². The fourth-order valence-electron chi connectivity index (χ4n) is 3.00. The van der Waals surface area contributed by atoms with Crippen molar-refractivity contribution < 1.29 is 19.4 Å². The van der Waals surface area contributed by atoms with E-state index in [2.05, 4.69) is 5.32 Å². The molecule has 0 fully saturated rings. The van der Waals surface area contributed by atoms with Crippen molar-refractivity contribution in [2.24, 2.45) is 0 Å². The Morgan fingerprint density at radius 1 is 1.21 bits per heavy atom. The number of hydrogen-bond acceptors (Lipinski definition) is 4. The molecular formula is C19H21NO4. The molecule has 2 N–H and O–H groups in total. The van der Waals surface area contributed by atoms with Crippen molar-refractivity contribution >= 4 is 11.6 Å². The molecule has 126 valence electrons. The zero-order valence-electron chi connectivity index (χ0n) is 13.6. The molecule has 1 amide bonds. The molecule has 24 heavy (non-hydrogen) atoms. The topological polar surface area (TPSA) is 67.8 Å². The molecule has 0 spiro atoms. The Bertz CT molecular complexity index is 729. The SMILES string of the molecule is COc1ccccc1NC(=O)COc1cccc2c1CCCC2O. The van der Waals surface area contributed by atoms with Gasteiger partial charge < -0.3 is 19.9 Å². The Balaban J connectivity index is 1.66. The first-order valence-corrected chi connectivity index (χ1v) is 8.04. The van der Waals surface area contributed by atoms with Gasteiger partial charge in [0.1, 0.15) is 11.5 Å². The van der Waals surface area contributed by atoms with Crippen LogP contribution in [0.4, 0.5) is 5.69 Å². The van der Waals surface area contributed by atoms with E-state index in [1.54, 1.807) is 19.2 Å². The van der Waals surface area contributed by atoms with E-state index in [0.29, 0.717) is 17.2 Å². The van der Waals surface area contributed by atoms with Crippen molar-refractivity contribution in [1.82, 2.24) is 0 Å². The maximum Gasteiger partial charge on any atom is 0.262 e. The Morgan fingerprint density at radius 3 is 2.83 bits per heavy atom. The average Bonchev–Trinajstić information content (AvgIpc) is 2.61. The predicted octanol–water partition coefficient (Wildman–Crippen LogP) is 3.08. The molecule has 0 aromatic heterocycles. The summed E-state index contributed by atoms with van der Waals surface area (Å²) in [7, 11) is 1.56. The normalized spacial score (nSPS) is 16.2. The van der Waals surface area contributed by atoms with Crippen molar-refractivity contribution in [3.63, 3.8) is 0 Å². The molecule has 1 aliphatic carbocycles. The van der Waals surface area contributed by atoms with Crippen LogP contribution in [0.25, 0.3) is 0 Å². The number of rotatable bonds is 5. The molecule has 0 aliphatic heterocycles. The van der Waals surface area contributed by atoms with Crippen LogP contribution in [-0.2, 0) is 11.2 Å². The second kappa shape index (κ2) is 7.36. The summed E-state index contributed by atoms with van der Waals surface area (Å²) >= 11 is 0. The number of anilines is 1. The van der Waals surface area contributed by atoms with Gasteiger partial charge in [-0.15, -0.1) is 0 Å². The molecule has 2 aromatic rings. The summed E-state index contributed by atoms with van der Waals surface area (Å²) in [5.41, 5.74) is 2.52. The van der Waals surface area contributed by atoms with Crippen molar-refractivity contribution in [2.45, 2.75) is 25.4 Å². The number of methoxy groups -OCH3 is 1. The lowest BCUT2D eigenvalue weighted by molar-refractivity contribution is -0.118. The van der Waals surface area contributed by atoms with E-state index >= 15 is 0 Å². The maximum absolute atomic E-state index is 12.1. The first-order chi connectivity index (χ1) is 11.7. The van der Waals surface area contributed by atoms with Crippen LogP contribution in [0, 0.1) is 0 Å². The molecule has 0 heterocycles. The summed E-state index contributed by atoms with van der Waals surface area (Å²) in [5.74, 6) is 1.01. The van der Waals surface area contributed by atoms with Gasteiger partial charge in [-0.3, -0.25) is 4.79 Å². The molecular weight excluding hydrogens is 306 g/mol. The van der Waals surface area contributed by atoms with Gasteiger partial charge in [-0.05, 0) is 48.6 Å². The minimum atomic E-state index is -0.445. The average molecular weight is 327 g/mol. The molecule has 5 heteroatoms. The van der Waals surface area contributed by atoms with E-state index in [1.807, 2.05) is 30.3 Å². The van der Waals surface area contributed by atoms with E-state index in [-0.39, 0.29) is 12.5 Å². The van der Waals surface area contributed by atoms with Crippen LogP contribution < -0.4 is 14.8 Å². The Hall–Kier alpha value is -2.53. The third-order valence-corrected chi connectivity index (χ3v) is 4.17. The molecule has 0 saturated carbocycles. The zero-order valence-corrected chi connectivity index (χ0v) is 13.6. The van der Waals surface area contributed by atoms with Crippen LogP contribution >= 0.6 is 0 Å². The molecule has 1 unspecified atom stereocenters. The fraction of sp³-hybridized carbons (Fsp3) is 0.316. The number of nitrogens with one attached hydrogen (secondary N) is 1. The van der Waals surface area contributed by atoms with Crippen LogP contribution in [0.1, 0.15) is 30.1 Å². The molecule has 3 rings (SSSR count). The van der Waals surface area contributed by atoms with Crippen molar-refractivity contribution in [2.75, 3.05) is 19.0 Å². The van der Waals surface area contributed by atoms with Crippen molar-refractivity contribution in [3.8, 4) is 11.5 Å². The third kappa shape index (κ3) is 3.51. The minimum Gasteiger partial charge on any atom is -0.495 e.